The van der Waals surface area contributed by atoms with Crippen LogP contribution in [0.15, 0.2) is 22.7 Å². The summed E-state index contributed by atoms with van der Waals surface area (Å²) >= 11 is 3.28. The van der Waals surface area contributed by atoms with E-state index >= 15 is 0 Å². The normalized spacial score (nSPS) is 22.1. The molecule has 1 atom stereocenters. The highest BCUT2D eigenvalue weighted by molar-refractivity contribution is 9.10. The van der Waals surface area contributed by atoms with Crippen molar-refractivity contribution in [1.29, 1.82) is 0 Å². The van der Waals surface area contributed by atoms with Gasteiger partial charge in [-0.15, -0.1) is 0 Å². The molecule has 1 saturated carbocycles. The Kier molecular flexibility index (Phi) is 4.68. The second-order valence-electron chi connectivity index (χ2n) is 6.35. The molecule has 1 unspecified atom stereocenters. The van der Waals surface area contributed by atoms with Crippen LogP contribution in [0, 0.1) is 15.5 Å². The summed E-state index contributed by atoms with van der Waals surface area (Å²) in [7, 11) is 0. The third-order valence-electron chi connectivity index (χ3n) is 4.09. The smallest absolute Gasteiger partial charge is 0.293 e. The minimum Gasteiger partial charge on any atom is -0.377 e. The Balaban J connectivity index is 2.12. The zero-order valence-corrected chi connectivity index (χ0v) is 13.6. The molecule has 1 aliphatic rings. The number of hydrogen-bond donors (Lipinski definition) is 1. The van der Waals surface area contributed by atoms with Crippen molar-refractivity contribution in [2.45, 2.75) is 52.0 Å². The predicted molar refractivity (Wildman–Crippen MR) is 85.1 cm³/mol. The fourth-order valence-electron chi connectivity index (χ4n) is 2.80. The van der Waals surface area contributed by atoms with Crippen LogP contribution in [0.2, 0.25) is 0 Å². The highest BCUT2D eigenvalue weighted by Gasteiger charge is 2.25. The highest BCUT2D eigenvalue weighted by atomic mass is 79.9. The Hall–Kier alpha value is -1.10. The molecule has 0 saturated heterocycles. The second kappa shape index (κ2) is 6.12. The highest BCUT2D eigenvalue weighted by Crippen LogP contribution is 2.36. The Morgan fingerprint density at radius 1 is 1.35 bits per heavy atom. The van der Waals surface area contributed by atoms with Crippen LogP contribution in [0.3, 0.4) is 0 Å². The topological polar surface area (TPSA) is 55.2 Å². The first kappa shape index (κ1) is 15.3. The molecule has 0 radical (unpaired) electrons. The van der Waals surface area contributed by atoms with Crippen molar-refractivity contribution in [3.05, 3.63) is 32.8 Å². The van der Waals surface area contributed by atoms with E-state index in [9.17, 15) is 10.1 Å². The standard InChI is InChI=1S/C15H21BrN2O2/c1-15(2)8-3-4-12(7-9-15)17-13-6-5-11(16)10-14(13)18(19)20/h5-6,10,12,17H,3-4,7-9H2,1-2H3. The molecule has 4 nitrogen and oxygen atoms in total. The zero-order valence-electron chi connectivity index (χ0n) is 12.0. The number of anilines is 1. The molecule has 0 aliphatic heterocycles. The van der Waals surface area contributed by atoms with Crippen molar-refractivity contribution in [2.75, 3.05) is 5.32 Å². The average molecular weight is 341 g/mol. The molecule has 0 aromatic heterocycles. The van der Waals surface area contributed by atoms with Crippen molar-refractivity contribution < 1.29 is 4.92 Å². The number of hydrogen-bond acceptors (Lipinski definition) is 3. The van der Waals surface area contributed by atoms with Gasteiger partial charge in [-0.3, -0.25) is 10.1 Å². The molecular formula is C15H21BrN2O2. The molecule has 20 heavy (non-hydrogen) atoms. The molecule has 1 aromatic carbocycles. The lowest BCUT2D eigenvalue weighted by Gasteiger charge is -2.22. The Bertz CT molecular complexity index is 503. The van der Waals surface area contributed by atoms with Crippen LogP contribution in [0.1, 0.15) is 46.0 Å². The van der Waals surface area contributed by atoms with Crippen LogP contribution in [0.4, 0.5) is 11.4 Å². The maximum absolute atomic E-state index is 11.1. The SMILES string of the molecule is CC1(C)CCCC(Nc2ccc(Br)cc2[N+](=O)[O-])CC1. The second-order valence-corrected chi connectivity index (χ2v) is 7.27. The Morgan fingerprint density at radius 2 is 2.10 bits per heavy atom. The van der Waals surface area contributed by atoms with E-state index in [0.29, 0.717) is 17.1 Å². The van der Waals surface area contributed by atoms with Crippen LogP contribution in [-0.2, 0) is 0 Å². The van der Waals surface area contributed by atoms with Crippen molar-refractivity contribution >= 4 is 27.3 Å². The molecule has 2 rings (SSSR count). The summed E-state index contributed by atoms with van der Waals surface area (Å²) in [6, 6.07) is 5.52. The first-order valence-electron chi connectivity index (χ1n) is 7.08. The maximum atomic E-state index is 11.1. The van der Waals surface area contributed by atoms with Gasteiger partial charge in [-0.25, -0.2) is 0 Å². The molecule has 110 valence electrons. The number of nitrogens with zero attached hydrogens (tertiary/aromatic N) is 1. The van der Waals surface area contributed by atoms with Gasteiger partial charge >= 0.3 is 0 Å². The first-order chi connectivity index (χ1) is 9.37. The summed E-state index contributed by atoms with van der Waals surface area (Å²) in [5, 5.41) is 14.5. The third kappa shape index (κ3) is 3.95. The van der Waals surface area contributed by atoms with Crippen LogP contribution >= 0.6 is 15.9 Å². The maximum Gasteiger partial charge on any atom is 0.293 e. The van der Waals surface area contributed by atoms with Gasteiger partial charge in [0.2, 0.25) is 0 Å². The summed E-state index contributed by atoms with van der Waals surface area (Å²) in [4.78, 5) is 10.8. The van der Waals surface area contributed by atoms with E-state index in [2.05, 4.69) is 35.1 Å². The average Bonchev–Trinajstić information content (AvgIpc) is 2.53. The van der Waals surface area contributed by atoms with E-state index in [1.807, 2.05) is 6.07 Å². The molecule has 5 heteroatoms. The third-order valence-corrected chi connectivity index (χ3v) is 4.59. The largest absolute Gasteiger partial charge is 0.377 e. The monoisotopic (exact) mass is 340 g/mol. The summed E-state index contributed by atoms with van der Waals surface area (Å²) in [5.41, 5.74) is 1.16. The zero-order chi connectivity index (χ0) is 14.8. The van der Waals surface area contributed by atoms with E-state index in [-0.39, 0.29) is 10.6 Å². The van der Waals surface area contributed by atoms with Crippen molar-refractivity contribution in [1.82, 2.24) is 0 Å². The van der Waals surface area contributed by atoms with Crippen LogP contribution < -0.4 is 5.32 Å². The van der Waals surface area contributed by atoms with Crippen LogP contribution in [0.25, 0.3) is 0 Å². The molecule has 0 bridgehead atoms. The molecular weight excluding hydrogens is 320 g/mol. The molecule has 0 heterocycles. The van der Waals surface area contributed by atoms with Crippen molar-refractivity contribution in [2.24, 2.45) is 5.41 Å². The van der Waals surface area contributed by atoms with Crippen LogP contribution in [0.5, 0.6) is 0 Å². The lowest BCUT2D eigenvalue weighted by Crippen LogP contribution is -2.19. The van der Waals surface area contributed by atoms with E-state index in [1.165, 1.54) is 12.8 Å². The number of nitro benzene ring substituents is 1. The molecule has 1 N–H and O–H groups in total. The summed E-state index contributed by atoms with van der Waals surface area (Å²) in [6.07, 6.45) is 5.72. The van der Waals surface area contributed by atoms with Gasteiger partial charge in [-0.1, -0.05) is 36.2 Å². The van der Waals surface area contributed by atoms with Gasteiger partial charge in [0.1, 0.15) is 5.69 Å². The first-order valence-corrected chi connectivity index (χ1v) is 7.87. The molecule has 1 fully saturated rings. The molecule has 0 amide bonds. The minimum absolute atomic E-state index is 0.142. The summed E-state index contributed by atoms with van der Waals surface area (Å²) in [5.74, 6) is 0. The summed E-state index contributed by atoms with van der Waals surface area (Å²) < 4.78 is 0.733. The van der Waals surface area contributed by atoms with Gasteiger partial charge in [-0.2, -0.15) is 0 Å². The van der Waals surface area contributed by atoms with Gasteiger partial charge in [0, 0.05) is 16.6 Å². The number of halogens is 1. The van der Waals surface area contributed by atoms with Crippen molar-refractivity contribution in [3.8, 4) is 0 Å². The van der Waals surface area contributed by atoms with Gasteiger partial charge in [-0.05, 0) is 43.2 Å². The van der Waals surface area contributed by atoms with E-state index < -0.39 is 0 Å². The lowest BCUT2D eigenvalue weighted by molar-refractivity contribution is -0.384. The number of nitro groups is 1. The van der Waals surface area contributed by atoms with Gasteiger partial charge in [0.25, 0.3) is 5.69 Å². The Morgan fingerprint density at radius 3 is 2.80 bits per heavy atom. The van der Waals surface area contributed by atoms with Gasteiger partial charge in [0.15, 0.2) is 0 Å². The number of rotatable bonds is 3. The fourth-order valence-corrected chi connectivity index (χ4v) is 3.15. The van der Waals surface area contributed by atoms with E-state index in [4.69, 9.17) is 0 Å². The lowest BCUT2D eigenvalue weighted by atomic mass is 9.85. The van der Waals surface area contributed by atoms with Gasteiger partial charge < -0.3 is 5.32 Å². The quantitative estimate of drug-likeness (QED) is 0.471. The number of nitrogens with one attached hydrogen (secondary N) is 1. The van der Waals surface area contributed by atoms with E-state index in [0.717, 1.165) is 23.7 Å². The predicted octanol–water partition coefficient (Wildman–Crippen LogP) is 5.13. The summed E-state index contributed by atoms with van der Waals surface area (Å²) in [6.45, 7) is 4.61. The van der Waals surface area contributed by atoms with E-state index in [1.54, 1.807) is 12.1 Å². The number of benzene rings is 1. The molecule has 1 aliphatic carbocycles. The van der Waals surface area contributed by atoms with Gasteiger partial charge in [0.05, 0.1) is 4.92 Å². The molecule has 1 aromatic rings. The van der Waals surface area contributed by atoms with Crippen LogP contribution in [-0.4, -0.2) is 11.0 Å². The molecule has 0 spiro atoms. The van der Waals surface area contributed by atoms with Crippen molar-refractivity contribution in [3.63, 3.8) is 0 Å². The Labute approximate surface area is 128 Å². The minimum atomic E-state index is -0.326. The fraction of sp³-hybridized carbons (Fsp3) is 0.600.